The molecule has 2 aliphatic heterocycles. The lowest BCUT2D eigenvalue weighted by atomic mass is 9.78. The lowest BCUT2D eigenvalue weighted by molar-refractivity contribution is -0.127. The van der Waals surface area contributed by atoms with Gasteiger partial charge in [0.05, 0.1) is 5.75 Å². The minimum absolute atomic E-state index is 0.355. The number of thioether (sulfide) groups is 1. The van der Waals surface area contributed by atoms with Crippen LogP contribution in [0.2, 0.25) is 0 Å². The number of nitrogens with zero attached hydrogens (tertiary/aromatic N) is 2. The molecule has 0 N–H and O–H groups in total. The summed E-state index contributed by atoms with van der Waals surface area (Å²) in [5, 5.41) is 0. The Hall–Kier alpha value is -0.220. The first-order valence-electron chi connectivity index (χ1n) is 9.20. The average Bonchev–Trinajstić information content (AvgIpc) is 2.92. The molecular weight excluding hydrogens is 292 g/mol. The van der Waals surface area contributed by atoms with E-state index in [0.717, 1.165) is 19.0 Å². The molecule has 3 aliphatic rings. The van der Waals surface area contributed by atoms with Gasteiger partial charge in [-0.15, -0.1) is 0 Å². The van der Waals surface area contributed by atoms with E-state index in [-0.39, 0.29) is 0 Å². The van der Waals surface area contributed by atoms with Crippen molar-refractivity contribution in [2.75, 3.05) is 44.7 Å². The van der Waals surface area contributed by atoms with E-state index in [2.05, 4.69) is 9.80 Å². The van der Waals surface area contributed by atoms with Gasteiger partial charge >= 0.3 is 0 Å². The number of hydrogen-bond acceptors (Lipinski definition) is 3. The SMILES string of the molecule is CSCC(=O)N1CCC2(CCCN(CC3CCCCC3)C2)C1. The van der Waals surface area contributed by atoms with E-state index in [9.17, 15) is 4.79 Å². The van der Waals surface area contributed by atoms with Gasteiger partial charge in [-0.2, -0.15) is 11.8 Å². The maximum atomic E-state index is 12.2. The Kier molecular flexibility index (Phi) is 5.72. The zero-order valence-corrected chi connectivity index (χ0v) is 15.0. The monoisotopic (exact) mass is 324 g/mol. The second-order valence-corrected chi connectivity index (χ2v) is 8.71. The topological polar surface area (TPSA) is 23.6 Å². The highest BCUT2D eigenvalue weighted by Gasteiger charge is 2.42. The normalized spacial score (nSPS) is 31.0. The number of carbonyl (C=O) groups is 1. The smallest absolute Gasteiger partial charge is 0.232 e. The van der Waals surface area contributed by atoms with Crippen LogP contribution >= 0.6 is 11.8 Å². The first-order valence-corrected chi connectivity index (χ1v) is 10.6. The van der Waals surface area contributed by atoms with Crippen LogP contribution < -0.4 is 0 Å². The van der Waals surface area contributed by atoms with Gasteiger partial charge in [0.1, 0.15) is 0 Å². The van der Waals surface area contributed by atoms with Crippen molar-refractivity contribution in [3.8, 4) is 0 Å². The minimum atomic E-state index is 0.355. The van der Waals surface area contributed by atoms with Crippen LogP contribution in [0, 0.1) is 11.3 Å². The van der Waals surface area contributed by atoms with Crippen molar-refractivity contribution in [2.45, 2.75) is 51.4 Å². The Morgan fingerprint density at radius 3 is 2.68 bits per heavy atom. The summed E-state index contributed by atoms with van der Waals surface area (Å²) in [6, 6.07) is 0. The Bertz CT molecular complexity index is 383. The molecule has 0 radical (unpaired) electrons. The van der Waals surface area contributed by atoms with Crippen LogP contribution in [0.15, 0.2) is 0 Å². The molecule has 3 fully saturated rings. The lowest BCUT2D eigenvalue weighted by Crippen LogP contribution is -2.47. The fraction of sp³-hybridized carbons (Fsp3) is 0.944. The number of hydrogen-bond donors (Lipinski definition) is 0. The molecule has 0 aromatic carbocycles. The van der Waals surface area contributed by atoms with Gasteiger partial charge in [-0.3, -0.25) is 4.79 Å². The summed E-state index contributed by atoms with van der Waals surface area (Å²) >= 11 is 1.65. The fourth-order valence-corrected chi connectivity index (χ4v) is 5.33. The lowest BCUT2D eigenvalue weighted by Gasteiger charge is -2.42. The molecule has 22 heavy (non-hydrogen) atoms. The highest BCUT2D eigenvalue weighted by Crippen LogP contribution is 2.39. The number of rotatable bonds is 4. The molecule has 1 amide bonds. The van der Waals surface area contributed by atoms with E-state index in [0.29, 0.717) is 17.1 Å². The highest BCUT2D eigenvalue weighted by molar-refractivity contribution is 7.99. The van der Waals surface area contributed by atoms with Crippen LogP contribution in [-0.4, -0.2) is 60.4 Å². The first kappa shape index (κ1) is 16.6. The Balaban J connectivity index is 1.52. The van der Waals surface area contributed by atoms with Crippen LogP contribution in [0.25, 0.3) is 0 Å². The summed E-state index contributed by atoms with van der Waals surface area (Å²) in [6.07, 6.45) is 13.1. The molecule has 1 aliphatic carbocycles. The van der Waals surface area contributed by atoms with Crippen LogP contribution in [-0.2, 0) is 4.79 Å². The molecule has 2 heterocycles. The molecule has 3 nitrogen and oxygen atoms in total. The molecule has 1 saturated carbocycles. The van der Waals surface area contributed by atoms with E-state index in [4.69, 9.17) is 0 Å². The highest BCUT2D eigenvalue weighted by atomic mass is 32.2. The summed E-state index contributed by atoms with van der Waals surface area (Å²) in [7, 11) is 0. The van der Waals surface area contributed by atoms with E-state index in [1.807, 2.05) is 6.26 Å². The zero-order valence-electron chi connectivity index (χ0n) is 14.2. The molecule has 2 saturated heterocycles. The summed E-state index contributed by atoms with van der Waals surface area (Å²) < 4.78 is 0. The quantitative estimate of drug-likeness (QED) is 0.793. The van der Waals surface area contributed by atoms with E-state index < -0.39 is 0 Å². The Morgan fingerprint density at radius 2 is 1.91 bits per heavy atom. The molecular formula is C18H32N2OS. The summed E-state index contributed by atoms with van der Waals surface area (Å²) in [6.45, 7) is 5.87. The van der Waals surface area contributed by atoms with Crippen molar-refractivity contribution in [3.63, 3.8) is 0 Å². The molecule has 0 aromatic heterocycles. The third-order valence-electron chi connectivity index (χ3n) is 6.04. The zero-order chi connectivity index (χ0) is 15.4. The van der Waals surface area contributed by atoms with Gasteiger partial charge in [-0.1, -0.05) is 19.3 Å². The largest absolute Gasteiger partial charge is 0.341 e. The van der Waals surface area contributed by atoms with Gasteiger partial charge < -0.3 is 9.80 Å². The van der Waals surface area contributed by atoms with E-state index >= 15 is 0 Å². The standard InChI is InChI=1S/C18H32N2OS/c1-22-13-17(21)20-11-9-18(15-20)8-5-10-19(14-18)12-16-6-3-2-4-7-16/h16H,2-15H2,1H3. The molecule has 1 spiro atoms. The maximum absolute atomic E-state index is 12.2. The van der Waals surface area contributed by atoms with Crippen molar-refractivity contribution in [2.24, 2.45) is 11.3 Å². The van der Waals surface area contributed by atoms with Gasteiger partial charge in [0, 0.05) is 31.6 Å². The third kappa shape index (κ3) is 4.00. The van der Waals surface area contributed by atoms with Gasteiger partial charge in [-0.25, -0.2) is 0 Å². The molecule has 0 bridgehead atoms. The second-order valence-electron chi connectivity index (χ2n) is 7.84. The molecule has 1 unspecified atom stereocenters. The average molecular weight is 325 g/mol. The molecule has 3 rings (SSSR count). The fourth-order valence-electron chi connectivity index (χ4n) is 4.90. The van der Waals surface area contributed by atoms with Gasteiger partial charge in [0.2, 0.25) is 5.91 Å². The van der Waals surface area contributed by atoms with Crippen LogP contribution in [0.1, 0.15) is 51.4 Å². The Labute approximate surface area is 140 Å². The van der Waals surface area contributed by atoms with Crippen LogP contribution in [0.5, 0.6) is 0 Å². The van der Waals surface area contributed by atoms with Gasteiger partial charge in [-0.05, 0) is 50.8 Å². The third-order valence-corrected chi connectivity index (χ3v) is 6.58. The van der Waals surface area contributed by atoms with E-state index in [1.54, 1.807) is 11.8 Å². The van der Waals surface area contributed by atoms with Crippen molar-refractivity contribution < 1.29 is 4.79 Å². The number of amides is 1. The molecule has 4 heteroatoms. The van der Waals surface area contributed by atoms with Crippen molar-refractivity contribution in [3.05, 3.63) is 0 Å². The van der Waals surface area contributed by atoms with Crippen LogP contribution in [0.4, 0.5) is 0 Å². The van der Waals surface area contributed by atoms with Crippen molar-refractivity contribution in [1.29, 1.82) is 0 Å². The number of carbonyl (C=O) groups excluding carboxylic acids is 1. The summed E-state index contributed by atoms with van der Waals surface area (Å²) in [5.74, 6) is 1.95. The van der Waals surface area contributed by atoms with Gasteiger partial charge in [0.15, 0.2) is 0 Å². The summed E-state index contributed by atoms with van der Waals surface area (Å²) in [4.78, 5) is 17.0. The predicted molar refractivity (Wildman–Crippen MR) is 94.3 cm³/mol. The number of likely N-dealkylation sites (tertiary alicyclic amines) is 2. The number of piperidine rings is 1. The van der Waals surface area contributed by atoms with Crippen LogP contribution in [0.3, 0.4) is 0 Å². The molecule has 0 aromatic rings. The van der Waals surface area contributed by atoms with Gasteiger partial charge in [0.25, 0.3) is 0 Å². The predicted octanol–water partition coefficient (Wildman–Crippen LogP) is 3.24. The van der Waals surface area contributed by atoms with Crippen molar-refractivity contribution in [1.82, 2.24) is 9.80 Å². The molecule has 1 atom stereocenters. The first-order chi connectivity index (χ1) is 10.7. The van der Waals surface area contributed by atoms with Crippen molar-refractivity contribution >= 4 is 17.7 Å². The summed E-state index contributed by atoms with van der Waals surface area (Å²) in [5.41, 5.74) is 0.418. The Morgan fingerprint density at radius 1 is 1.09 bits per heavy atom. The maximum Gasteiger partial charge on any atom is 0.232 e. The minimum Gasteiger partial charge on any atom is -0.341 e. The van der Waals surface area contributed by atoms with E-state index in [1.165, 1.54) is 71.0 Å². The second kappa shape index (κ2) is 7.57. The molecule has 126 valence electrons.